The molecule has 0 atom stereocenters. The minimum atomic E-state index is -0.822. The molecule has 7 heteroatoms. The Kier molecular flexibility index (Phi) is 4.63. The van der Waals surface area contributed by atoms with Crippen LogP contribution >= 0.6 is 0 Å². The molecule has 0 fully saturated rings. The van der Waals surface area contributed by atoms with Gasteiger partial charge in [-0.25, -0.2) is 4.79 Å². The molecule has 0 radical (unpaired) electrons. The standard InChI is InChI=1S/C15H14N2O5/c1-4-21-15(18)17-14-9(8-16)5-11-12(20-3)6-10(19-2)7-13(11)22-14/h5-7H,4H2,1-3H3/b17-14-. The van der Waals surface area contributed by atoms with E-state index in [0.717, 1.165) is 0 Å². The number of carbonyl (C=O) groups excluding carboxylic acids is 1. The summed E-state index contributed by atoms with van der Waals surface area (Å²) in [6.45, 7) is 1.84. The van der Waals surface area contributed by atoms with Crippen LogP contribution < -0.4 is 15.0 Å². The molecule has 0 N–H and O–H groups in total. The molecule has 0 bridgehead atoms. The van der Waals surface area contributed by atoms with Gasteiger partial charge in [-0.15, -0.1) is 4.99 Å². The van der Waals surface area contributed by atoms with Crippen LogP contribution in [0.5, 0.6) is 11.5 Å². The van der Waals surface area contributed by atoms with Crippen molar-refractivity contribution in [2.24, 2.45) is 4.99 Å². The summed E-state index contributed by atoms with van der Waals surface area (Å²) >= 11 is 0. The molecule has 1 amide bonds. The third kappa shape index (κ3) is 3.01. The summed E-state index contributed by atoms with van der Waals surface area (Å²) in [5.74, 6) is 0.997. The van der Waals surface area contributed by atoms with Gasteiger partial charge in [0.15, 0.2) is 0 Å². The predicted molar refractivity (Wildman–Crippen MR) is 76.6 cm³/mol. The Labute approximate surface area is 126 Å². The van der Waals surface area contributed by atoms with Gasteiger partial charge in [-0.1, -0.05) is 0 Å². The number of amides is 1. The van der Waals surface area contributed by atoms with Crippen LogP contribution in [0.2, 0.25) is 0 Å². The van der Waals surface area contributed by atoms with Crippen molar-refractivity contribution < 1.29 is 23.4 Å². The Morgan fingerprint density at radius 2 is 2.09 bits per heavy atom. The highest BCUT2D eigenvalue weighted by atomic mass is 16.5. The second-order valence-corrected chi connectivity index (χ2v) is 4.13. The third-order valence-corrected chi connectivity index (χ3v) is 2.84. The van der Waals surface area contributed by atoms with Gasteiger partial charge in [0.2, 0.25) is 5.55 Å². The fraction of sp³-hybridized carbons (Fsp3) is 0.267. The molecule has 2 rings (SSSR count). The maximum atomic E-state index is 11.5. The zero-order chi connectivity index (χ0) is 16.1. The number of carbonyl (C=O) groups is 1. The molecule has 1 heterocycles. The lowest BCUT2D eigenvalue weighted by atomic mass is 10.1. The summed E-state index contributed by atoms with van der Waals surface area (Å²) in [4.78, 5) is 15.1. The van der Waals surface area contributed by atoms with Crippen LogP contribution in [0.1, 0.15) is 12.5 Å². The zero-order valence-corrected chi connectivity index (χ0v) is 12.4. The lowest BCUT2D eigenvalue weighted by molar-refractivity contribution is 0.161. The van der Waals surface area contributed by atoms with E-state index in [1.807, 2.05) is 6.07 Å². The first kappa shape index (κ1) is 15.4. The molecule has 0 aliphatic heterocycles. The van der Waals surface area contributed by atoms with E-state index in [1.165, 1.54) is 20.3 Å². The molecule has 2 aromatic rings. The minimum Gasteiger partial charge on any atom is -0.496 e. The Morgan fingerprint density at radius 1 is 1.32 bits per heavy atom. The third-order valence-electron chi connectivity index (χ3n) is 2.84. The van der Waals surface area contributed by atoms with Crippen molar-refractivity contribution in [1.82, 2.24) is 0 Å². The van der Waals surface area contributed by atoms with Crippen molar-refractivity contribution in [3.8, 4) is 17.6 Å². The number of hydrogen-bond acceptors (Lipinski definition) is 6. The van der Waals surface area contributed by atoms with Gasteiger partial charge in [0.25, 0.3) is 0 Å². The summed E-state index contributed by atoms with van der Waals surface area (Å²) < 4.78 is 20.7. The molecule has 0 saturated carbocycles. The molecular weight excluding hydrogens is 288 g/mol. The van der Waals surface area contributed by atoms with Gasteiger partial charge < -0.3 is 18.6 Å². The summed E-state index contributed by atoms with van der Waals surface area (Å²) in [5, 5.41) is 9.77. The number of hydrogen-bond donors (Lipinski definition) is 0. The first-order valence-corrected chi connectivity index (χ1v) is 6.44. The van der Waals surface area contributed by atoms with E-state index in [1.54, 1.807) is 19.1 Å². The fourth-order valence-corrected chi connectivity index (χ4v) is 1.86. The summed E-state index contributed by atoms with van der Waals surface area (Å²) in [5.41, 5.74) is 0.353. The van der Waals surface area contributed by atoms with Gasteiger partial charge in [0.05, 0.1) is 26.2 Å². The molecule has 114 valence electrons. The summed E-state index contributed by atoms with van der Waals surface area (Å²) in [6, 6.07) is 6.75. The van der Waals surface area contributed by atoms with Gasteiger partial charge >= 0.3 is 6.09 Å². The van der Waals surface area contributed by atoms with Crippen molar-refractivity contribution in [3.63, 3.8) is 0 Å². The van der Waals surface area contributed by atoms with Crippen molar-refractivity contribution >= 4 is 17.1 Å². The van der Waals surface area contributed by atoms with Crippen molar-refractivity contribution in [2.45, 2.75) is 6.92 Å². The molecule has 0 unspecified atom stereocenters. The van der Waals surface area contributed by atoms with Gasteiger partial charge in [-0.05, 0) is 13.0 Å². The average Bonchev–Trinajstić information content (AvgIpc) is 2.53. The van der Waals surface area contributed by atoms with Crippen LogP contribution in [-0.4, -0.2) is 26.9 Å². The van der Waals surface area contributed by atoms with Gasteiger partial charge in [-0.2, -0.15) is 5.26 Å². The number of methoxy groups -OCH3 is 2. The lowest BCUT2D eigenvalue weighted by Gasteiger charge is -2.08. The van der Waals surface area contributed by atoms with Crippen molar-refractivity contribution in [3.05, 3.63) is 29.3 Å². The summed E-state index contributed by atoms with van der Waals surface area (Å²) in [7, 11) is 3.01. The smallest absolute Gasteiger partial charge is 0.436 e. The van der Waals surface area contributed by atoms with Crippen LogP contribution in [0.3, 0.4) is 0 Å². The normalized spacial score (nSPS) is 11.1. The Hall–Kier alpha value is -3.01. The van der Waals surface area contributed by atoms with Gasteiger partial charge in [-0.3, -0.25) is 0 Å². The van der Waals surface area contributed by atoms with Crippen LogP contribution in [0, 0.1) is 11.3 Å². The van der Waals surface area contributed by atoms with E-state index in [4.69, 9.17) is 18.6 Å². The van der Waals surface area contributed by atoms with Crippen LogP contribution in [0.15, 0.2) is 27.6 Å². The number of rotatable bonds is 3. The highest BCUT2D eigenvalue weighted by Gasteiger charge is 2.11. The monoisotopic (exact) mass is 302 g/mol. The number of ether oxygens (including phenoxy) is 3. The number of nitrogens with zero attached hydrogens (tertiary/aromatic N) is 2. The van der Waals surface area contributed by atoms with Gasteiger partial charge in [0.1, 0.15) is 28.7 Å². The van der Waals surface area contributed by atoms with E-state index in [2.05, 4.69) is 4.99 Å². The molecule has 0 spiro atoms. The zero-order valence-electron chi connectivity index (χ0n) is 12.4. The highest BCUT2D eigenvalue weighted by molar-refractivity contribution is 5.86. The largest absolute Gasteiger partial charge is 0.496 e. The quantitative estimate of drug-likeness (QED) is 0.864. The molecule has 22 heavy (non-hydrogen) atoms. The second-order valence-electron chi connectivity index (χ2n) is 4.13. The van der Waals surface area contributed by atoms with Crippen molar-refractivity contribution in [1.29, 1.82) is 5.26 Å². The lowest BCUT2D eigenvalue weighted by Crippen LogP contribution is -2.12. The molecule has 0 saturated heterocycles. The van der Waals surface area contributed by atoms with E-state index in [0.29, 0.717) is 22.5 Å². The topological polar surface area (TPSA) is 94.1 Å². The number of fused-ring (bicyclic) bond motifs is 1. The number of nitriles is 1. The Morgan fingerprint density at radius 3 is 2.68 bits per heavy atom. The summed E-state index contributed by atoms with van der Waals surface area (Å²) in [6.07, 6.45) is -0.822. The first-order chi connectivity index (χ1) is 10.6. The van der Waals surface area contributed by atoms with Crippen LogP contribution in [0.4, 0.5) is 4.79 Å². The molecule has 0 aliphatic carbocycles. The maximum absolute atomic E-state index is 11.5. The number of benzene rings is 1. The van der Waals surface area contributed by atoms with E-state index >= 15 is 0 Å². The average molecular weight is 302 g/mol. The van der Waals surface area contributed by atoms with E-state index < -0.39 is 6.09 Å². The van der Waals surface area contributed by atoms with Crippen molar-refractivity contribution in [2.75, 3.05) is 20.8 Å². The fourth-order valence-electron chi connectivity index (χ4n) is 1.86. The van der Waals surface area contributed by atoms with Gasteiger partial charge in [0, 0.05) is 12.1 Å². The Balaban J connectivity index is 2.74. The van der Waals surface area contributed by atoms with Crippen LogP contribution in [-0.2, 0) is 4.74 Å². The highest BCUT2D eigenvalue weighted by Crippen LogP contribution is 2.30. The minimum absolute atomic E-state index is 0.101. The molecule has 1 aromatic heterocycles. The molecule has 7 nitrogen and oxygen atoms in total. The first-order valence-electron chi connectivity index (χ1n) is 6.44. The van der Waals surface area contributed by atoms with Crippen LogP contribution in [0.25, 0.3) is 11.0 Å². The second kappa shape index (κ2) is 6.63. The molecule has 0 aliphatic rings. The molecular formula is C15H14N2O5. The maximum Gasteiger partial charge on any atom is 0.436 e. The SMILES string of the molecule is CCOC(=O)/N=c1\oc2cc(OC)cc(OC)c2cc1C#N. The Bertz CT molecular complexity index is 817. The van der Waals surface area contributed by atoms with E-state index in [-0.39, 0.29) is 17.7 Å². The molecule has 1 aromatic carbocycles. The predicted octanol–water partition coefficient (Wildman–Crippen LogP) is 2.38. The van der Waals surface area contributed by atoms with E-state index in [9.17, 15) is 10.1 Å².